The first kappa shape index (κ1) is 17.1. The van der Waals surface area contributed by atoms with Gasteiger partial charge in [-0.05, 0) is 6.42 Å². The molecule has 0 spiro atoms. The van der Waals surface area contributed by atoms with E-state index in [1.165, 1.54) is 44.9 Å². The van der Waals surface area contributed by atoms with Crippen molar-refractivity contribution in [2.45, 2.75) is 77.6 Å². The molecule has 1 atom stereocenters. The van der Waals surface area contributed by atoms with Gasteiger partial charge in [-0.25, -0.2) is 0 Å². The van der Waals surface area contributed by atoms with E-state index in [2.05, 4.69) is 6.92 Å². The summed E-state index contributed by atoms with van der Waals surface area (Å²) in [6.45, 7) is 2.22. The van der Waals surface area contributed by atoms with Crippen molar-refractivity contribution in [2.24, 2.45) is 5.92 Å². The number of rotatable bonds is 13. The molecule has 0 amide bonds. The molecule has 0 aromatic carbocycles. The number of aliphatic carboxylic acids is 1. The fourth-order valence-electron chi connectivity index (χ4n) is 2.16. The molecule has 0 radical (unpaired) electrons. The zero-order chi connectivity index (χ0) is 13.6. The van der Waals surface area contributed by atoms with Gasteiger partial charge in [-0.2, -0.15) is 0 Å². The van der Waals surface area contributed by atoms with Crippen LogP contribution in [0.4, 0.5) is 0 Å². The Balaban J connectivity index is 3.28. The predicted octanol–water partition coefficient (Wildman–Crippen LogP) is 4.20. The van der Waals surface area contributed by atoms with Crippen molar-refractivity contribution in [1.29, 1.82) is 0 Å². The summed E-state index contributed by atoms with van der Waals surface area (Å²) in [5.74, 6) is -1.16. The summed E-state index contributed by atoms with van der Waals surface area (Å²) in [5, 5.41) is 8.60. The third-order valence-corrected chi connectivity index (χ3v) is 3.31. The SMILES string of the molecule is CCCCCCCCCCCC(C=O)CC(=O)O. The van der Waals surface area contributed by atoms with Gasteiger partial charge in [-0.1, -0.05) is 64.7 Å². The minimum absolute atomic E-state index is 0.0134. The van der Waals surface area contributed by atoms with Crippen LogP contribution in [0, 0.1) is 5.92 Å². The fraction of sp³-hybridized carbons (Fsp3) is 0.867. The predicted molar refractivity (Wildman–Crippen MR) is 73.7 cm³/mol. The lowest BCUT2D eigenvalue weighted by Gasteiger charge is -2.06. The number of carboxylic acids is 1. The van der Waals surface area contributed by atoms with Gasteiger partial charge in [0.15, 0.2) is 0 Å². The maximum atomic E-state index is 10.6. The van der Waals surface area contributed by atoms with Gasteiger partial charge in [-0.15, -0.1) is 0 Å². The quantitative estimate of drug-likeness (QED) is 0.397. The molecule has 0 aromatic heterocycles. The van der Waals surface area contributed by atoms with E-state index < -0.39 is 5.97 Å². The van der Waals surface area contributed by atoms with Crippen LogP contribution in [0.25, 0.3) is 0 Å². The molecular weight excluding hydrogens is 228 g/mol. The third-order valence-electron chi connectivity index (χ3n) is 3.31. The average molecular weight is 256 g/mol. The first-order valence-electron chi connectivity index (χ1n) is 7.37. The van der Waals surface area contributed by atoms with Gasteiger partial charge < -0.3 is 9.90 Å². The normalized spacial score (nSPS) is 12.3. The molecule has 0 heterocycles. The van der Waals surface area contributed by atoms with Crippen LogP contribution >= 0.6 is 0 Å². The summed E-state index contributed by atoms with van der Waals surface area (Å²) in [6.07, 6.45) is 12.7. The van der Waals surface area contributed by atoms with Crippen LogP contribution < -0.4 is 0 Å². The molecule has 0 aliphatic rings. The Morgan fingerprint density at radius 3 is 1.94 bits per heavy atom. The van der Waals surface area contributed by atoms with Crippen molar-refractivity contribution in [1.82, 2.24) is 0 Å². The van der Waals surface area contributed by atoms with Crippen LogP contribution in [0.15, 0.2) is 0 Å². The van der Waals surface area contributed by atoms with E-state index in [0.717, 1.165) is 25.5 Å². The Labute approximate surface area is 111 Å². The molecule has 0 saturated carbocycles. The molecule has 0 bridgehead atoms. The van der Waals surface area contributed by atoms with Crippen molar-refractivity contribution in [3.05, 3.63) is 0 Å². The average Bonchev–Trinajstić information content (AvgIpc) is 2.35. The zero-order valence-corrected chi connectivity index (χ0v) is 11.7. The lowest BCUT2D eigenvalue weighted by molar-refractivity contribution is -0.139. The monoisotopic (exact) mass is 256 g/mol. The highest BCUT2D eigenvalue weighted by atomic mass is 16.4. The lowest BCUT2D eigenvalue weighted by atomic mass is 9.98. The lowest BCUT2D eigenvalue weighted by Crippen LogP contribution is -2.08. The standard InChI is InChI=1S/C15H28O3/c1-2-3-4-5-6-7-8-9-10-11-14(13-16)12-15(17)18/h13-14H,2-12H2,1H3,(H,17,18). The maximum Gasteiger partial charge on any atom is 0.304 e. The van der Waals surface area contributed by atoms with Crippen molar-refractivity contribution >= 4 is 12.3 Å². The fourth-order valence-corrected chi connectivity index (χ4v) is 2.16. The summed E-state index contributed by atoms with van der Waals surface area (Å²) < 4.78 is 0. The first-order valence-corrected chi connectivity index (χ1v) is 7.37. The van der Waals surface area contributed by atoms with E-state index in [1.807, 2.05) is 0 Å². The molecule has 0 rings (SSSR count). The number of hydrogen-bond donors (Lipinski definition) is 1. The van der Waals surface area contributed by atoms with Gasteiger partial charge in [0, 0.05) is 5.92 Å². The van der Waals surface area contributed by atoms with Crippen molar-refractivity contribution < 1.29 is 14.7 Å². The number of hydrogen-bond acceptors (Lipinski definition) is 2. The van der Waals surface area contributed by atoms with E-state index >= 15 is 0 Å². The van der Waals surface area contributed by atoms with Gasteiger partial charge in [0.25, 0.3) is 0 Å². The number of carbonyl (C=O) groups excluding carboxylic acids is 1. The van der Waals surface area contributed by atoms with Crippen LogP contribution in [0.5, 0.6) is 0 Å². The zero-order valence-electron chi connectivity index (χ0n) is 11.7. The molecule has 106 valence electrons. The Morgan fingerprint density at radius 2 is 1.50 bits per heavy atom. The summed E-state index contributed by atoms with van der Waals surface area (Å²) in [5.41, 5.74) is 0. The van der Waals surface area contributed by atoms with Gasteiger partial charge in [0.2, 0.25) is 0 Å². The Kier molecular flexibility index (Phi) is 12.0. The third kappa shape index (κ3) is 11.6. The molecule has 0 saturated heterocycles. The first-order chi connectivity index (χ1) is 8.70. The van der Waals surface area contributed by atoms with E-state index in [4.69, 9.17) is 5.11 Å². The topological polar surface area (TPSA) is 54.4 Å². The molecular formula is C15H28O3. The highest BCUT2D eigenvalue weighted by Crippen LogP contribution is 2.14. The van der Waals surface area contributed by atoms with E-state index in [9.17, 15) is 9.59 Å². The van der Waals surface area contributed by atoms with E-state index in [1.54, 1.807) is 0 Å². The van der Waals surface area contributed by atoms with E-state index in [-0.39, 0.29) is 12.3 Å². The number of carbonyl (C=O) groups is 2. The molecule has 3 heteroatoms. The van der Waals surface area contributed by atoms with Crippen LogP contribution in [-0.4, -0.2) is 17.4 Å². The number of carboxylic acid groups (broad SMARTS) is 1. The van der Waals surface area contributed by atoms with Crippen molar-refractivity contribution in [3.8, 4) is 0 Å². The largest absolute Gasteiger partial charge is 0.481 e. The molecule has 18 heavy (non-hydrogen) atoms. The molecule has 3 nitrogen and oxygen atoms in total. The van der Waals surface area contributed by atoms with Crippen LogP contribution in [-0.2, 0) is 9.59 Å². The highest BCUT2D eigenvalue weighted by Gasteiger charge is 2.11. The minimum atomic E-state index is -0.872. The smallest absolute Gasteiger partial charge is 0.304 e. The maximum absolute atomic E-state index is 10.6. The highest BCUT2D eigenvalue weighted by molar-refractivity contribution is 5.71. The molecule has 1 N–H and O–H groups in total. The summed E-state index contributed by atoms with van der Waals surface area (Å²) >= 11 is 0. The van der Waals surface area contributed by atoms with Crippen molar-refractivity contribution in [2.75, 3.05) is 0 Å². The van der Waals surface area contributed by atoms with Crippen LogP contribution in [0.2, 0.25) is 0 Å². The van der Waals surface area contributed by atoms with E-state index in [0.29, 0.717) is 0 Å². The number of unbranched alkanes of at least 4 members (excludes halogenated alkanes) is 8. The summed E-state index contributed by atoms with van der Waals surface area (Å²) in [7, 11) is 0. The second kappa shape index (κ2) is 12.6. The second-order valence-corrected chi connectivity index (χ2v) is 5.11. The van der Waals surface area contributed by atoms with Crippen molar-refractivity contribution in [3.63, 3.8) is 0 Å². The molecule has 0 aromatic rings. The van der Waals surface area contributed by atoms with Gasteiger partial charge in [-0.3, -0.25) is 4.79 Å². The summed E-state index contributed by atoms with van der Waals surface area (Å²) in [4.78, 5) is 21.1. The Hall–Kier alpha value is -0.860. The van der Waals surface area contributed by atoms with Gasteiger partial charge in [0.1, 0.15) is 6.29 Å². The minimum Gasteiger partial charge on any atom is -0.481 e. The molecule has 0 aliphatic carbocycles. The summed E-state index contributed by atoms with van der Waals surface area (Å²) in [6, 6.07) is 0. The Morgan fingerprint density at radius 1 is 1.00 bits per heavy atom. The Bertz CT molecular complexity index is 214. The van der Waals surface area contributed by atoms with Crippen LogP contribution in [0.3, 0.4) is 0 Å². The second-order valence-electron chi connectivity index (χ2n) is 5.11. The molecule has 0 aliphatic heterocycles. The number of aldehydes is 1. The van der Waals surface area contributed by atoms with Crippen LogP contribution in [0.1, 0.15) is 77.6 Å². The molecule has 1 unspecified atom stereocenters. The van der Waals surface area contributed by atoms with Gasteiger partial charge >= 0.3 is 5.97 Å². The molecule has 0 fully saturated rings. The van der Waals surface area contributed by atoms with Gasteiger partial charge in [0.05, 0.1) is 6.42 Å².